The predicted octanol–water partition coefficient (Wildman–Crippen LogP) is 11.8. The van der Waals surface area contributed by atoms with Gasteiger partial charge in [-0.3, -0.25) is 0 Å². The quantitative estimate of drug-likeness (QED) is 0.166. The van der Waals surface area contributed by atoms with E-state index < -0.39 is 0 Å². The zero-order valence-electron chi connectivity index (χ0n) is 30.6. The second kappa shape index (κ2) is 12.3. The third-order valence-corrected chi connectivity index (χ3v) is 11.4. The maximum absolute atomic E-state index is 6.78. The summed E-state index contributed by atoms with van der Waals surface area (Å²) in [6.45, 7) is 4.42. The fraction of sp³-hybridized carbons (Fsp3) is 0.0400. The van der Waals surface area contributed by atoms with E-state index in [-0.39, 0.29) is 6.71 Å². The van der Waals surface area contributed by atoms with Crippen LogP contribution in [0.15, 0.2) is 186 Å². The zero-order valence-corrected chi connectivity index (χ0v) is 30.6. The molecule has 0 spiro atoms. The Balaban J connectivity index is 1.28. The summed E-state index contributed by atoms with van der Waals surface area (Å²) in [5.41, 5.74) is 18.1. The average Bonchev–Trinajstić information content (AvgIpc) is 3.62. The molecule has 2 aliphatic rings. The van der Waals surface area contributed by atoms with Gasteiger partial charge in [0.1, 0.15) is 5.58 Å². The van der Waals surface area contributed by atoms with Gasteiger partial charge < -0.3 is 19.1 Å². The van der Waals surface area contributed by atoms with Crippen LogP contribution < -0.4 is 31.1 Å². The fourth-order valence-electron chi connectivity index (χ4n) is 9.10. The van der Waals surface area contributed by atoms with Gasteiger partial charge in [0.15, 0.2) is 5.58 Å². The number of rotatable bonds is 5. The van der Waals surface area contributed by atoms with E-state index in [0.29, 0.717) is 0 Å². The Bertz CT molecular complexity index is 2830. The molecule has 55 heavy (non-hydrogen) atoms. The minimum absolute atomic E-state index is 0.0414. The summed E-state index contributed by atoms with van der Waals surface area (Å²) >= 11 is 0. The van der Waals surface area contributed by atoms with Crippen LogP contribution in [-0.4, -0.2) is 6.71 Å². The molecule has 4 nitrogen and oxygen atoms in total. The molecule has 0 unspecified atom stereocenters. The Hall–Kier alpha value is -6.98. The normalized spacial score (nSPS) is 12.8. The van der Waals surface area contributed by atoms with Gasteiger partial charge in [-0.15, -0.1) is 0 Å². The Morgan fingerprint density at radius 2 is 1.04 bits per heavy atom. The largest absolute Gasteiger partial charge is 0.454 e. The SMILES string of the molecule is Cc1ccc(N(c2cc3c4c(c2)N(c2ccccc2)c2ccccc2B4c2ccccc2N3c2ccccc2)c2cccc3c2oc2ccccc23)c(C)c1. The second-order valence-corrected chi connectivity index (χ2v) is 14.7. The van der Waals surface area contributed by atoms with Crippen molar-refractivity contribution < 1.29 is 4.42 Å². The van der Waals surface area contributed by atoms with Crippen LogP contribution in [0, 0.1) is 13.8 Å². The summed E-state index contributed by atoms with van der Waals surface area (Å²) in [5.74, 6) is 0. The standard InChI is InChI=1S/C50H36BN3O/c1-33-28-29-42(34(2)30-33)54(45-26-15-21-39-38-20-9-14-27-48(38)55-50(39)45)37-31-46-49-47(32-37)53(36-18-7-4-8-19-36)44-25-13-11-23-41(44)51(49)40-22-10-12-24-43(40)52(46)35-16-5-3-6-17-35/h3-32H,1-2H3. The molecule has 2 aliphatic heterocycles. The number of furan rings is 1. The number of fused-ring (bicyclic) bond motifs is 7. The van der Waals surface area contributed by atoms with Crippen LogP contribution in [0.2, 0.25) is 0 Å². The number of aryl methyl sites for hydroxylation is 2. The maximum atomic E-state index is 6.78. The van der Waals surface area contributed by atoms with E-state index >= 15 is 0 Å². The van der Waals surface area contributed by atoms with Crippen LogP contribution in [0.4, 0.5) is 51.2 Å². The van der Waals surface area contributed by atoms with Crippen molar-refractivity contribution in [3.8, 4) is 0 Å². The Labute approximate surface area is 321 Å². The van der Waals surface area contributed by atoms with Crippen molar-refractivity contribution in [1.29, 1.82) is 0 Å². The molecule has 0 fully saturated rings. The third-order valence-electron chi connectivity index (χ3n) is 11.4. The van der Waals surface area contributed by atoms with Gasteiger partial charge in [0, 0.05) is 50.6 Å². The summed E-state index contributed by atoms with van der Waals surface area (Å²) < 4.78 is 6.78. The van der Waals surface area contributed by atoms with Gasteiger partial charge in [-0.25, -0.2) is 0 Å². The monoisotopic (exact) mass is 705 g/mol. The van der Waals surface area contributed by atoms with Crippen molar-refractivity contribution in [2.45, 2.75) is 13.8 Å². The molecule has 9 aromatic rings. The van der Waals surface area contributed by atoms with Crippen LogP contribution in [0.1, 0.15) is 11.1 Å². The van der Waals surface area contributed by atoms with Crippen molar-refractivity contribution in [3.05, 3.63) is 193 Å². The number of anilines is 9. The van der Waals surface area contributed by atoms with Crippen molar-refractivity contribution in [2.24, 2.45) is 0 Å². The minimum Gasteiger partial charge on any atom is -0.454 e. The lowest BCUT2D eigenvalue weighted by Crippen LogP contribution is -2.61. The first-order valence-electron chi connectivity index (χ1n) is 19.0. The van der Waals surface area contributed by atoms with E-state index in [1.165, 1.54) is 38.9 Å². The van der Waals surface area contributed by atoms with Gasteiger partial charge in [0.25, 0.3) is 6.71 Å². The van der Waals surface area contributed by atoms with E-state index in [0.717, 1.165) is 61.8 Å². The first kappa shape index (κ1) is 31.5. The Morgan fingerprint density at radius 3 is 1.67 bits per heavy atom. The Morgan fingerprint density at radius 1 is 0.473 bits per heavy atom. The molecule has 0 amide bonds. The zero-order chi connectivity index (χ0) is 36.6. The molecular weight excluding hydrogens is 669 g/mol. The highest BCUT2D eigenvalue weighted by Gasteiger charge is 2.43. The summed E-state index contributed by atoms with van der Waals surface area (Å²) in [6.07, 6.45) is 0. The topological polar surface area (TPSA) is 22.9 Å². The second-order valence-electron chi connectivity index (χ2n) is 14.7. The molecule has 8 aromatic carbocycles. The number of hydrogen-bond donors (Lipinski definition) is 0. The highest BCUT2D eigenvalue weighted by Crippen LogP contribution is 2.49. The van der Waals surface area contributed by atoms with E-state index in [9.17, 15) is 0 Å². The van der Waals surface area contributed by atoms with Gasteiger partial charge in [-0.1, -0.05) is 121 Å². The molecule has 0 saturated carbocycles. The summed E-state index contributed by atoms with van der Waals surface area (Å²) in [5, 5.41) is 2.21. The lowest BCUT2D eigenvalue weighted by Gasteiger charge is -2.45. The van der Waals surface area contributed by atoms with E-state index in [1.807, 2.05) is 6.07 Å². The Kier molecular flexibility index (Phi) is 7.05. The molecule has 0 N–H and O–H groups in total. The van der Waals surface area contributed by atoms with Crippen molar-refractivity contribution in [3.63, 3.8) is 0 Å². The first-order chi connectivity index (χ1) is 27.1. The predicted molar refractivity (Wildman–Crippen MR) is 232 cm³/mol. The lowest BCUT2D eigenvalue weighted by atomic mass is 9.33. The maximum Gasteiger partial charge on any atom is 0.252 e. The van der Waals surface area contributed by atoms with Crippen LogP contribution in [0.25, 0.3) is 21.9 Å². The summed E-state index contributed by atoms with van der Waals surface area (Å²) in [7, 11) is 0. The van der Waals surface area contributed by atoms with Gasteiger partial charge in [-0.05, 0) is 103 Å². The van der Waals surface area contributed by atoms with E-state index in [1.54, 1.807) is 0 Å². The van der Waals surface area contributed by atoms with Crippen LogP contribution >= 0.6 is 0 Å². The van der Waals surface area contributed by atoms with Crippen molar-refractivity contribution >= 4 is 96.2 Å². The summed E-state index contributed by atoms with van der Waals surface area (Å²) in [6, 6.07) is 66.0. The fourth-order valence-corrected chi connectivity index (χ4v) is 9.10. The highest BCUT2D eigenvalue weighted by molar-refractivity contribution is 7.00. The molecule has 0 atom stereocenters. The molecule has 3 heterocycles. The number of para-hydroxylation sites is 6. The summed E-state index contributed by atoms with van der Waals surface area (Å²) in [4.78, 5) is 7.35. The molecule has 260 valence electrons. The molecule has 0 bridgehead atoms. The molecule has 0 aliphatic carbocycles. The number of nitrogens with zero attached hydrogens (tertiary/aromatic N) is 3. The van der Waals surface area contributed by atoms with Gasteiger partial charge in [-0.2, -0.15) is 0 Å². The lowest BCUT2D eigenvalue weighted by molar-refractivity contribution is 0.669. The number of hydrogen-bond acceptors (Lipinski definition) is 4. The van der Waals surface area contributed by atoms with Crippen LogP contribution in [0.3, 0.4) is 0 Å². The molecule has 0 radical (unpaired) electrons. The van der Waals surface area contributed by atoms with Crippen molar-refractivity contribution in [2.75, 3.05) is 14.7 Å². The first-order valence-corrected chi connectivity index (χ1v) is 19.0. The van der Waals surface area contributed by atoms with Gasteiger partial charge in [0.2, 0.25) is 0 Å². The van der Waals surface area contributed by atoms with Crippen LogP contribution in [0.5, 0.6) is 0 Å². The molecule has 1 aromatic heterocycles. The molecular formula is C50H36BN3O. The average molecular weight is 706 g/mol. The van der Waals surface area contributed by atoms with E-state index in [2.05, 4.69) is 204 Å². The molecule has 11 rings (SSSR count). The van der Waals surface area contributed by atoms with Gasteiger partial charge in [0.05, 0.1) is 11.4 Å². The van der Waals surface area contributed by atoms with E-state index in [4.69, 9.17) is 4.42 Å². The number of benzene rings is 8. The van der Waals surface area contributed by atoms with Crippen molar-refractivity contribution in [1.82, 2.24) is 0 Å². The smallest absolute Gasteiger partial charge is 0.252 e. The van der Waals surface area contributed by atoms with Gasteiger partial charge >= 0.3 is 0 Å². The molecule has 0 saturated heterocycles. The minimum atomic E-state index is 0.0414. The van der Waals surface area contributed by atoms with Crippen LogP contribution in [-0.2, 0) is 0 Å². The third kappa shape index (κ3) is 4.79. The highest BCUT2D eigenvalue weighted by atomic mass is 16.3. The molecule has 5 heteroatoms.